The lowest BCUT2D eigenvalue weighted by Crippen LogP contribution is -1.96. The first-order valence-corrected chi connectivity index (χ1v) is 5.09. The van der Waals surface area contributed by atoms with Crippen molar-refractivity contribution in [2.75, 3.05) is 13.7 Å². The Bertz CT molecular complexity index is 413. The zero-order chi connectivity index (χ0) is 11.8. The Morgan fingerprint density at radius 2 is 2.25 bits per heavy atom. The van der Waals surface area contributed by atoms with Gasteiger partial charge in [-0.2, -0.15) is 0 Å². The van der Waals surface area contributed by atoms with Crippen molar-refractivity contribution in [3.05, 3.63) is 29.8 Å². The van der Waals surface area contributed by atoms with E-state index in [-0.39, 0.29) is 0 Å². The summed E-state index contributed by atoms with van der Waals surface area (Å²) in [5.41, 5.74) is 0.735. The number of benzene rings is 1. The molecule has 0 amide bonds. The fourth-order valence-corrected chi connectivity index (χ4v) is 1.06. The van der Waals surface area contributed by atoms with Crippen LogP contribution in [0.25, 0.3) is 0 Å². The zero-order valence-electron chi connectivity index (χ0n) is 9.45. The van der Waals surface area contributed by atoms with Crippen LogP contribution in [0.2, 0.25) is 0 Å². The average Bonchev–Trinajstić information content (AvgIpc) is 2.34. The van der Waals surface area contributed by atoms with Gasteiger partial charge in [0.1, 0.15) is 5.75 Å². The minimum absolute atomic E-state index is 0.542. The predicted octanol–water partition coefficient (Wildman–Crippen LogP) is 2.00. The van der Waals surface area contributed by atoms with Gasteiger partial charge in [-0.25, -0.2) is 4.79 Å². The van der Waals surface area contributed by atoms with Crippen molar-refractivity contribution in [1.82, 2.24) is 0 Å². The van der Waals surface area contributed by atoms with Gasteiger partial charge in [-0.05, 0) is 24.6 Å². The number of hydrogen-bond donors (Lipinski definition) is 0. The van der Waals surface area contributed by atoms with Crippen LogP contribution in [0.1, 0.15) is 18.9 Å². The van der Waals surface area contributed by atoms with E-state index >= 15 is 0 Å². The molecule has 16 heavy (non-hydrogen) atoms. The Morgan fingerprint density at radius 3 is 2.94 bits per heavy atom. The fourth-order valence-electron chi connectivity index (χ4n) is 1.06. The Hall–Kier alpha value is -1.95. The van der Waals surface area contributed by atoms with Gasteiger partial charge in [0.25, 0.3) is 0 Å². The second-order valence-corrected chi connectivity index (χ2v) is 3.12. The highest BCUT2D eigenvalue weighted by Gasteiger charge is 1.95. The molecule has 0 aliphatic carbocycles. The molecule has 1 aromatic rings. The second-order valence-electron chi connectivity index (χ2n) is 3.12. The number of carbonyl (C=O) groups excluding carboxylic acids is 1. The molecule has 0 saturated carbocycles. The molecule has 0 aliphatic heterocycles. The summed E-state index contributed by atoms with van der Waals surface area (Å²) in [6.07, 6.45) is 0.956. The van der Waals surface area contributed by atoms with Crippen molar-refractivity contribution < 1.29 is 14.3 Å². The van der Waals surface area contributed by atoms with Crippen molar-refractivity contribution >= 4 is 5.97 Å². The lowest BCUT2D eigenvalue weighted by molar-refractivity contribution is -0.133. The van der Waals surface area contributed by atoms with Gasteiger partial charge in [0.2, 0.25) is 0 Å². The molecule has 0 fully saturated rings. The number of esters is 1. The number of hydrogen-bond acceptors (Lipinski definition) is 3. The highest BCUT2D eigenvalue weighted by Crippen LogP contribution is 2.12. The third-order valence-corrected chi connectivity index (χ3v) is 1.80. The van der Waals surface area contributed by atoms with Gasteiger partial charge >= 0.3 is 5.97 Å². The Balaban J connectivity index is 2.73. The molecular weight excluding hydrogens is 204 g/mol. The molecule has 0 spiro atoms. The summed E-state index contributed by atoms with van der Waals surface area (Å²) in [6, 6.07) is 7.31. The van der Waals surface area contributed by atoms with E-state index in [1.54, 1.807) is 6.07 Å². The SMILES string of the molecule is CCCOc1cccc(C#CC(=O)OC)c1. The van der Waals surface area contributed by atoms with E-state index in [0.29, 0.717) is 6.61 Å². The van der Waals surface area contributed by atoms with Crippen LogP contribution in [0.4, 0.5) is 0 Å². The summed E-state index contributed by atoms with van der Waals surface area (Å²) in [6.45, 7) is 2.72. The molecule has 1 rings (SSSR count). The van der Waals surface area contributed by atoms with Crippen LogP contribution in [-0.2, 0) is 9.53 Å². The summed E-state index contributed by atoms with van der Waals surface area (Å²) in [4.78, 5) is 10.8. The fraction of sp³-hybridized carbons (Fsp3) is 0.308. The summed E-state index contributed by atoms with van der Waals surface area (Å²) in [7, 11) is 1.30. The van der Waals surface area contributed by atoms with Gasteiger partial charge in [0.05, 0.1) is 13.7 Å². The molecule has 0 bridgehead atoms. The molecule has 3 nitrogen and oxygen atoms in total. The summed E-state index contributed by atoms with van der Waals surface area (Å²) >= 11 is 0. The van der Waals surface area contributed by atoms with Gasteiger partial charge in [-0.3, -0.25) is 0 Å². The molecule has 0 atom stereocenters. The molecule has 0 aromatic heterocycles. The van der Waals surface area contributed by atoms with E-state index in [2.05, 4.69) is 16.6 Å². The average molecular weight is 218 g/mol. The van der Waals surface area contributed by atoms with Crippen LogP contribution in [0, 0.1) is 11.8 Å². The molecule has 0 unspecified atom stereocenters. The normalized spacial score (nSPS) is 8.88. The number of carbonyl (C=O) groups is 1. The first kappa shape index (κ1) is 12.1. The summed E-state index contributed by atoms with van der Waals surface area (Å²) in [5.74, 6) is 5.29. The largest absolute Gasteiger partial charge is 0.494 e. The van der Waals surface area contributed by atoms with E-state index in [1.807, 2.05) is 25.1 Å². The van der Waals surface area contributed by atoms with E-state index < -0.39 is 5.97 Å². The third-order valence-electron chi connectivity index (χ3n) is 1.80. The maximum atomic E-state index is 10.8. The van der Waals surface area contributed by atoms with Gasteiger partial charge in [-0.15, -0.1) is 0 Å². The molecular formula is C13H14O3. The monoisotopic (exact) mass is 218 g/mol. The number of rotatable bonds is 3. The van der Waals surface area contributed by atoms with Crippen LogP contribution >= 0.6 is 0 Å². The van der Waals surface area contributed by atoms with E-state index in [0.717, 1.165) is 17.7 Å². The number of ether oxygens (including phenoxy) is 2. The Kier molecular flexibility index (Phi) is 4.94. The Labute approximate surface area is 95.4 Å². The van der Waals surface area contributed by atoms with Crippen LogP contribution in [-0.4, -0.2) is 19.7 Å². The molecule has 0 heterocycles. The molecule has 0 aliphatic rings. The first-order valence-electron chi connectivity index (χ1n) is 5.09. The highest BCUT2D eigenvalue weighted by molar-refractivity contribution is 5.89. The molecule has 0 N–H and O–H groups in total. The van der Waals surface area contributed by atoms with Crippen molar-refractivity contribution in [3.8, 4) is 17.6 Å². The van der Waals surface area contributed by atoms with Crippen LogP contribution < -0.4 is 4.74 Å². The minimum Gasteiger partial charge on any atom is -0.494 e. The van der Waals surface area contributed by atoms with Gasteiger partial charge in [0.15, 0.2) is 0 Å². The van der Waals surface area contributed by atoms with Crippen molar-refractivity contribution in [1.29, 1.82) is 0 Å². The smallest absolute Gasteiger partial charge is 0.384 e. The van der Waals surface area contributed by atoms with E-state index in [4.69, 9.17) is 4.74 Å². The highest BCUT2D eigenvalue weighted by atomic mass is 16.5. The van der Waals surface area contributed by atoms with Crippen molar-refractivity contribution in [3.63, 3.8) is 0 Å². The van der Waals surface area contributed by atoms with Gasteiger partial charge in [0, 0.05) is 11.5 Å². The second kappa shape index (κ2) is 6.52. The quantitative estimate of drug-likeness (QED) is 0.575. The maximum absolute atomic E-state index is 10.8. The van der Waals surface area contributed by atoms with Crippen LogP contribution in [0.3, 0.4) is 0 Å². The topological polar surface area (TPSA) is 35.5 Å². The van der Waals surface area contributed by atoms with E-state index in [1.165, 1.54) is 7.11 Å². The molecule has 84 valence electrons. The van der Waals surface area contributed by atoms with Gasteiger partial charge < -0.3 is 9.47 Å². The van der Waals surface area contributed by atoms with Crippen LogP contribution in [0.15, 0.2) is 24.3 Å². The molecule has 1 aromatic carbocycles. The molecule has 0 radical (unpaired) electrons. The lowest BCUT2D eigenvalue weighted by Gasteiger charge is -2.03. The first-order chi connectivity index (χ1) is 7.76. The maximum Gasteiger partial charge on any atom is 0.384 e. The summed E-state index contributed by atoms with van der Waals surface area (Å²) in [5, 5.41) is 0. The summed E-state index contributed by atoms with van der Waals surface area (Å²) < 4.78 is 9.87. The zero-order valence-corrected chi connectivity index (χ0v) is 9.45. The lowest BCUT2D eigenvalue weighted by atomic mass is 10.2. The standard InChI is InChI=1S/C13H14O3/c1-3-9-16-12-6-4-5-11(10-12)7-8-13(14)15-2/h4-6,10H,3,9H2,1-2H3. The van der Waals surface area contributed by atoms with Crippen molar-refractivity contribution in [2.45, 2.75) is 13.3 Å². The van der Waals surface area contributed by atoms with Gasteiger partial charge in [-0.1, -0.05) is 18.9 Å². The molecule has 3 heteroatoms. The minimum atomic E-state index is -0.542. The Morgan fingerprint density at radius 1 is 1.44 bits per heavy atom. The molecule has 0 saturated heterocycles. The number of methoxy groups -OCH3 is 1. The van der Waals surface area contributed by atoms with Crippen LogP contribution in [0.5, 0.6) is 5.75 Å². The van der Waals surface area contributed by atoms with E-state index in [9.17, 15) is 4.79 Å². The third kappa shape index (κ3) is 4.05. The van der Waals surface area contributed by atoms with Crippen molar-refractivity contribution in [2.24, 2.45) is 0 Å². The predicted molar refractivity (Wildman–Crippen MR) is 61.1 cm³/mol.